The number of rotatable bonds is 2. The molecule has 0 unspecified atom stereocenters. The van der Waals surface area contributed by atoms with E-state index in [1.54, 1.807) is 12.3 Å². The van der Waals surface area contributed by atoms with Gasteiger partial charge in [0.05, 0.1) is 18.1 Å². The number of hydrogen-bond donors (Lipinski definition) is 2. The Labute approximate surface area is 96.5 Å². The molecule has 0 aliphatic heterocycles. The van der Waals surface area contributed by atoms with Crippen molar-refractivity contribution in [3.05, 3.63) is 18.5 Å². The molecule has 2 heterocycles. The molecule has 0 atom stereocenters. The van der Waals surface area contributed by atoms with Crippen LogP contribution in [0.4, 0.5) is 11.6 Å². The first-order valence-electron chi connectivity index (χ1n) is 4.45. The fourth-order valence-electron chi connectivity index (χ4n) is 1.14. The van der Waals surface area contributed by atoms with Crippen LogP contribution in [0.25, 0.3) is 11.4 Å². The fourth-order valence-corrected chi connectivity index (χ4v) is 1.52. The molecule has 6 nitrogen and oxygen atoms in total. The SMILES string of the molecule is CSc1nc(N)cc(-c2cnc(N)cn2)n1. The number of aromatic nitrogens is 4. The standard InChI is InChI=1S/C9H10N6S/c1-16-9-14-5(2-7(10)15-9)6-3-13-8(11)4-12-6/h2-4H,1H3,(H2,11,13)(H2,10,14,15). The first kappa shape index (κ1) is 10.6. The molecule has 2 aromatic rings. The smallest absolute Gasteiger partial charge is 0.189 e. The van der Waals surface area contributed by atoms with Gasteiger partial charge in [0.1, 0.15) is 17.3 Å². The highest BCUT2D eigenvalue weighted by molar-refractivity contribution is 7.98. The van der Waals surface area contributed by atoms with Crippen LogP contribution < -0.4 is 11.5 Å². The van der Waals surface area contributed by atoms with Gasteiger partial charge in [-0.1, -0.05) is 11.8 Å². The Morgan fingerprint density at radius 3 is 2.44 bits per heavy atom. The second kappa shape index (κ2) is 4.31. The summed E-state index contributed by atoms with van der Waals surface area (Å²) in [5.41, 5.74) is 12.4. The number of thioether (sulfide) groups is 1. The topological polar surface area (TPSA) is 104 Å². The molecule has 82 valence electrons. The van der Waals surface area contributed by atoms with Crippen molar-refractivity contribution in [2.45, 2.75) is 5.16 Å². The van der Waals surface area contributed by atoms with Crippen LogP contribution in [0.3, 0.4) is 0 Å². The van der Waals surface area contributed by atoms with E-state index < -0.39 is 0 Å². The number of nitrogen functional groups attached to an aromatic ring is 2. The van der Waals surface area contributed by atoms with E-state index in [1.165, 1.54) is 18.0 Å². The van der Waals surface area contributed by atoms with Crippen molar-refractivity contribution in [2.75, 3.05) is 17.7 Å². The molecule has 0 aromatic carbocycles. The number of nitrogens with two attached hydrogens (primary N) is 2. The molecule has 7 heteroatoms. The van der Waals surface area contributed by atoms with Crippen molar-refractivity contribution in [1.29, 1.82) is 0 Å². The molecular formula is C9H10N6S. The lowest BCUT2D eigenvalue weighted by Crippen LogP contribution is -1.98. The highest BCUT2D eigenvalue weighted by Gasteiger charge is 2.05. The van der Waals surface area contributed by atoms with E-state index in [0.717, 1.165) is 0 Å². The first-order valence-corrected chi connectivity index (χ1v) is 5.68. The predicted molar refractivity (Wildman–Crippen MR) is 63.7 cm³/mol. The number of hydrogen-bond acceptors (Lipinski definition) is 7. The van der Waals surface area contributed by atoms with Gasteiger partial charge in [-0.25, -0.2) is 19.9 Å². The first-order chi connectivity index (χ1) is 7.69. The van der Waals surface area contributed by atoms with Crippen LogP contribution in [0.1, 0.15) is 0 Å². The average molecular weight is 234 g/mol. The van der Waals surface area contributed by atoms with Crippen LogP contribution in [0.2, 0.25) is 0 Å². The van der Waals surface area contributed by atoms with E-state index in [0.29, 0.717) is 28.2 Å². The molecule has 0 aliphatic carbocycles. The normalized spacial score (nSPS) is 10.3. The Morgan fingerprint density at radius 1 is 1.00 bits per heavy atom. The molecule has 0 bridgehead atoms. The third kappa shape index (κ3) is 2.19. The van der Waals surface area contributed by atoms with Gasteiger partial charge in [-0.3, -0.25) is 0 Å². The van der Waals surface area contributed by atoms with Gasteiger partial charge in [0.15, 0.2) is 5.16 Å². The monoisotopic (exact) mass is 234 g/mol. The summed E-state index contributed by atoms with van der Waals surface area (Å²) in [6, 6.07) is 1.65. The van der Waals surface area contributed by atoms with Crippen LogP contribution in [0.15, 0.2) is 23.6 Å². The van der Waals surface area contributed by atoms with Crippen molar-refractivity contribution in [3.63, 3.8) is 0 Å². The highest BCUT2D eigenvalue weighted by Crippen LogP contribution is 2.19. The largest absolute Gasteiger partial charge is 0.384 e. The number of nitrogens with zero attached hydrogens (tertiary/aromatic N) is 4. The van der Waals surface area contributed by atoms with Gasteiger partial charge in [-0.05, 0) is 6.26 Å². The van der Waals surface area contributed by atoms with Crippen molar-refractivity contribution < 1.29 is 0 Å². The molecule has 4 N–H and O–H groups in total. The Hall–Kier alpha value is -1.89. The average Bonchev–Trinajstić information content (AvgIpc) is 2.29. The summed E-state index contributed by atoms with van der Waals surface area (Å²) < 4.78 is 0. The quantitative estimate of drug-likeness (QED) is 0.585. The fraction of sp³-hybridized carbons (Fsp3) is 0.111. The van der Waals surface area contributed by atoms with Crippen LogP contribution in [-0.4, -0.2) is 26.2 Å². The third-order valence-electron chi connectivity index (χ3n) is 1.84. The summed E-state index contributed by atoms with van der Waals surface area (Å²) in [7, 11) is 0. The summed E-state index contributed by atoms with van der Waals surface area (Å²) in [5, 5.41) is 0.605. The predicted octanol–water partition coefficient (Wildman–Crippen LogP) is 0.820. The summed E-state index contributed by atoms with van der Waals surface area (Å²) >= 11 is 1.42. The minimum atomic E-state index is 0.371. The molecular weight excluding hydrogens is 224 g/mol. The third-order valence-corrected chi connectivity index (χ3v) is 2.39. The van der Waals surface area contributed by atoms with Gasteiger partial charge in [-0.2, -0.15) is 0 Å². The lowest BCUT2D eigenvalue weighted by molar-refractivity contribution is 0.977. The Bertz CT molecular complexity index is 498. The Morgan fingerprint density at radius 2 is 1.81 bits per heavy atom. The van der Waals surface area contributed by atoms with Crippen molar-refractivity contribution in [3.8, 4) is 11.4 Å². The minimum absolute atomic E-state index is 0.371. The molecule has 0 saturated carbocycles. The van der Waals surface area contributed by atoms with Crippen molar-refractivity contribution in [1.82, 2.24) is 19.9 Å². The van der Waals surface area contributed by atoms with Gasteiger partial charge in [0.2, 0.25) is 0 Å². The molecule has 0 aliphatic rings. The lowest BCUT2D eigenvalue weighted by atomic mass is 10.3. The molecule has 0 fully saturated rings. The maximum absolute atomic E-state index is 5.66. The van der Waals surface area contributed by atoms with Gasteiger partial charge < -0.3 is 11.5 Å². The molecule has 2 rings (SSSR count). The van der Waals surface area contributed by atoms with Crippen LogP contribution in [-0.2, 0) is 0 Å². The molecule has 0 radical (unpaired) electrons. The summed E-state index contributed by atoms with van der Waals surface area (Å²) in [6.45, 7) is 0. The maximum Gasteiger partial charge on any atom is 0.189 e. The minimum Gasteiger partial charge on any atom is -0.384 e. The summed E-state index contributed by atoms with van der Waals surface area (Å²) in [5.74, 6) is 0.781. The summed E-state index contributed by atoms with van der Waals surface area (Å²) in [4.78, 5) is 16.4. The van der Waals surface area contributed by atoms with Crippen LogP contribution in [0, 0.1) is 0 Å². The van der Waals surface area contributed by atoms with E-state index in [9.17, 15) is 0 Å². The zero-order valence-corrected chi connectivity index (χ0v) is 9.40. The molecule has 2 aromatic heterocycles. The molecule has 0 spiro atoms. The Balaban J connectivity index is 2.47. The van der Waals surface area contributed by atoms with Crippen LogP contribution in [0.5, 0.6) is 0 Å². The zero-order valence-electron chi connectivity index (χ0n) is 8.58. The van der Waals surface area contributed by atoms with E-state index in [1.807, 2.05) is 6.26 Å². The lowest BCUT2D eigenvalue weighted by Gasteiger charge is -2.03. The van der Waals surface area contributed by atoms with Gasteiger partial charge in [0, 0.05) is 6.07 Å². The second-order valence-corrected chi connectivity index (χ2v) is 3.76. The van der Waals surface area contributed by atoms with E-state index in [2.05, 4.69) is 19.9 Å². The van der Waals surface area contributed by atoms with Gasteiger partial charge in [0.25, 0.3) is 0 Å². The molecule has 0 saturated heterocycles. The van der Waals surface area contributed by atoms with Crippen molar-refractivity contribution >= 4 is 23.4 Å². The second-order valence-electron chi connectivity index (χ2n) is 2.99. The van der Waals surface area contributed by atoms with E-state index in [-0.39, 0.29) is 0 Å². The van der Waals surface area contributed by atoms with E-state index in [4.69, 9.17) is 11.5 Å². The van der Waals surface area contributed by atoms with Gasteiger partial charge in [-0.15, -0.1) is 0 Å². The molecule has 16 heavy (non-hydrogen) atoms. The van der Waals surface area contributed by atoms with Gasteiger partial charge >= 0.3 is 0 Å². The van der Waals surface area contributed by atoms with Crippen LogP contribution >= 0.6 is 11.8 Å². The zero-order chi connectivity index (χ0) is 11.5. The Kier molecular flexibility index (Phi) is 2.86. The van der Waals surface area contributed by atoms with E-state index >= 15 is 0 Å². The maximum atomic E-state index is 5.66. The number of anilines is 2. The highest BCUT2D eigenvalue weighted by atomic mass is 32.2. The summed E-state index contributed by atoms with van der Waals surface area (Å²) in [6.07, 6.45) is 4.92. The van der Waals surface area contributed by atoms with Crippen molar-refractivity contribution in [2.24, 2.45) is 0 Å². The molecule has 0 amide bonds.